The van der Waals surface area contributed by atoms with Crippen molar-refractivity contribution in [3.8, 4) is 0 Å². The van der Waals surface area contributed by atoms with Gasteiger partial charge < -0.3 is 4.74 Å². The molecule has 0 spiro atoms. The lowest BCUT2D eigenvalue weighted by Gasteiger charge is -2.19. The standard InChI is InChI=1S/C19H34O2/c1-3-5-6-7-11-15-21-19(20)18(12-4-2)16-17-13-9-8-10-14-17/h16-17H,3-15H2,1-2H3. The van der Waals surface area contributed by atoms with E-state index in [-0.39, 0.29) is 5.97 Å². The molecular formula is C19H34O2. The molecule has 0 aromatic rings. The van der Waals surface area contributed by atoms with Crippen LogP contribution in [-0.4, -0.2) is 12.6 Å². The van der Waals surface area contributed by atoms with E-state index in [9.17, 15) is 4.79 Å². The van der Waals surface area contributed by atoms with Gasteiger partial charge in [0.15, 0.2) is 0 Å². The summed E-state index contributed by atoms with van der Waals surface area (Å²) in [5, 5.41) is 0. The zero-order valence-corrected chi connectivity index (χ0v) is 14.2. The van der Waals surface area contributed by atoms with Crippen molar-refractivity contribution in [1.82, 2.24) is 0 Å². The Morgan fingerprint density at radius 2 is 1.71 bits per heavy atom. The Morgan fingerprint density at radius 1 is 1.00 bits per heavy atom. The first-order valence-corrected chi connectivity index (χ1v) is 9.15. The van der Waals surface area contributed by atoms with Gasteiger partial charge in [0.25, 0.3) is 0 Å². The molecule has 0 N–H and O–H groups in total. The second kappa shape index (κ2) is 11.8. The minimum absolute atomic E-state index is 0.0575. The maximum Gasteiger partial charge on any atom is 0.333 e. The fourth-order valence-electron chi connectivity index (χ4n) is 3.07. The van der Waals surface area contributed by atoms with Crippen molar-refractivity contribution in [2.24, 2.45) is 5.92 Å². The van der Waals surface area contributed by atoms with Crippen molar-refractivity contribution in [2.75, 3.05) is 6.61 Å². The molecule has 2 heteroatoms. The number of carbonyl (C=O) groups is 1. The number of esters is 1. The Bertz CT molecular complexity index is 301. The molecule has 1 saturated carbocycles. The average molecular weight is 294 g/mol. The molecule has 0 atom stereocenters. The summed E-state index contributed by atoms with van der Waals surface area (Å²) < 4.78 is 5.47. The second-order valence-corrected chi connectivity index (χ2v) is 6.39. The van der Waals surface area contributed by atoms with Crippen LogP contribution in [0.15, 0.2) is 11.6 Å². The molecule has 0 aromatic carbocycles. The molecule has 0 aromatic heterocycles. The van der Waals surface area contributed by atoms with E-state index in [2.05, 4.69) is 19.9 Å². The quantitative estimate of drug-likeness (QED) is 0.289. The Morgan fingerprint density at radius 3 is 2.38 bits per heavy atom. The summed E-state index contributed by atoms with van der Waals surface area (Å²) in [5.41, 5.74) is 0.929. The first kappa shape index (κ1) is 18.3. The number of ether oxygens (including phenoxy) is 1. The number of rotatable bonds is 10. The molecule has 0 heterocycles. The molecule has 0 aliphatic heterocycles. The van der Waals surface area contributed by atoms with Crippen molar-refractivity contribution in [3.63, 3.8) is 0 Å². The number of unbranched alkanes of at least 4 members (excludes halogenated alkanes) is 4. The molecule has 0 radical (unpaired) electrons. The Kier molecular flexibility index (Phi) is 10.3. The predicted octanol–water partition coefficient (Wildman–Crippen LogP) is 5.81. The molecule has 2 nitrogen and oxygen atoms in total. The third-order valence-corrected chi connectivity index (χ3v) is 4.35. The largest absolute Gasteiger partial charge is 0.462 e. The van der Waals surface area contributed by atoms with E-state index in [0.29, 0.717) is 12.5 Å². The van der Waals surface area contributed by atoms with Crippen molar-refractivity contribution in [2.45, 2.75) is 90.9 Å². The van der Waals surface area contributed by atoms with Crippen molar-refractivity contribution in [1.29, 1.82) is 0 Å². The van der Waals surface area contributed by atoms with Gasteiger partial charge in [-0.05, 0) is 31.6 Å². The van der Waals surface area contributed by atoms with E-state index in [1.54, 1.807) is 0 Å². The molecule has 1 aliphatic rings. The van der Waals surface area contributed by atoms with Gasteiger partial charge in [-0.15, -0.1) is 0 Å². The van der Waals surface area contributed by atoms with E-state index in [1.807, 2.05) is 0 Å². The summed E-state index contributed by atoms with van der Waals surface area (Å²) in [4.78, 5) is 12.2. The molecule has 0 bridgehead atoms. The lowest BCUT2D eigenvalue weighted by atomic mass is 9.87. The van der Waals surface area contributed by atoms with Crippen molar-refractivity contribution in [3.05, 3.63) is 11.6 Å². The average Bonchev–Trinajstić information content (AvgIpc) is 2.51. The topological polar surface area (TPSA) is 26.3 Å². The predicted molar refractivity (Wildman–Crippen MR) is 89.3 cm³/mol. The second-order valence-electron chi connectivity index (χ2n) is 6.39. The lowest BCUT2D eigenvalue weighted by molar-refractivity contribution is -0.139. The number of carbonyl (C=O) groups excluding carboxylic acids is 1. The van der Waals surface area contributed by atoms with Gasteiger partial charge >= 0.3 is 5.97 Å². The monoisotopic (exact) mass is 294 g/mol. The van der Waals surface area contributed by atoms with Crippen LogP contribution in [0.3, 0.4) is 0 Å². The highest BCUT2D eigenvalue weighted by Crippen LogP contribution is 2.26. The van der Waals surface area contributed by atoms with Gasteiger partial charge in [-0.2, -0.15) is 0 Å². The fourth-order valence-corrected chi connectivity index (χ4v) is 3.07. The lowest BCUT2D eigenvalue weighted by Crippen LogP contribution is -2.12. The maximum atomic E-state index is 12.2. The minimum Gasteiger partial charge on any atom is -0.462 e. The molecule has 122 valence electrons. The molecular weight excluding hydrogens is 260 g/mol. The SMILES string of the molecule is CCCCCCCOC(=O)C(=CC1CCCCC1)CCC. The first-order chi connectivity index (χ1) is 10.3. The van der Waals surface area contributed by atoms with Crippen LogP contribution in [0, 0.1) is 5.92 Å². The fraction of sp³-hybridized carbons (Fsp3) is 0.842. The van der Waals surface area contributed by atoms with E-state index >= 15 is 0 Å². The summed E-state index contributed by atoms with van der Waals surface area (Å²) in [5.74, 6) is 0.551. The van der Waals surface area contributed by atoms with Crippen molar-refractivity contribution >= 4 is 5.97 Å². The maximum absolute atomic E-state index is 12.2. The number of hydrogen-bond donors (Lipinski definition) is 0. The molecule has 0 amide bonds. The molecule has 1 rings (SSSR count). The van der Waals surface area contributed by atoms with Crippen LogP contribution in [0.2, 0.25) is 0 Å². The van der Waals surface area contributed by atoms with E-state index < -0.39 is 0 Å². The Hall–Kier alpha value is -0.790. The van der Waals surface area contributed by atoms with Crippen LogP contribution in [-0.2, 0) is 9.53 Å². The van der Waals surface area contributed by atoms with Crippen LogP contribution < -0.4 is 0 Å². The highest BCUT2D eigenvalue weighted by molar-refractivity contribution is 5.88. The summed E-state index contributed by atoms with van der Waals surface area (Å²) in [6.07, 6.45) is 16.6. The van der Waals surface area contributed by atoms with Gasteiger partial charge in [-0.1, -0.05) is 71.3 Å². The Labute approximate surface area is 131 Å². The van der Waals surface area contributed by atoms with Gasteiger partial charge in [0.05, 0.1) is 6.61 Å². The normalized spacial score (nSPS) is 17.0. The molecule has 0 saturated heterocycles. The zero-order valence-electron chi connectivity index (χ0n) is 14.2. The van der Waals surface area contributed by atoms with Crippen LogP contribution in [0.1, 0.15) is 90.9 Å². The van der Waals surface area contributed by atoms with E-state index in [1.165, 1.54) is 57.8 Å². The van der Waals surface area contributed by atoms with Gasteiger partial charge in [0.2, 0.25) is 0 Å². The molecule has 21 heavy (non-hydrogen) atoms. The summed E-state index contributed by atoms with van der Waals surface area (Å²) >= 11 is 0. The van der Waals surface area contributed by atoms with E-state index in [4.69, 9.17) is 4.74 Å². The van der Waals surface area contributed by atoms with Gasteiger partial charge in [0, 0.05) is 5.57 Å². The summed E-state index contributed by atoms with van der Waals surface area (Å²) in [6.45, 7) is 4.94. The van der Waals surface area contributed by atoms with Gasteiger partial charge in [-0.25, -0.2) is 4.79 Å². The molecule has 1 aliphatic carbocycles. The summed E-state index contributed by atoms with van der Waals surface area (Å²) in [6, 6.07) is 0. The zero-order chi connectivity index (χ0) is 15.3. The number of allylic oxidation sites excluding steroid dienone is 1. The molecule has 1 fully saturated rings. The van der Waals surface area contributed by atoms with Gasteiger partial charge in [0.1, 0.15) is 0 Å². The minimum atomic E-state index is -0.0575. The van der Waals surface area contributed by atoms with E-state index in [0.717, 1.165) is 24.8 Å². The smallest absolute Gasteiger partial charge is 0.333 e. The van der Waals surface area contributed by atoms with Crippen LogP contribution >= 0.6 is 0 Å². The Balaban J connectivity index is 2.32. The summed E-state index contributed by atoms with van der Waals surface area (Å²) in [7, 11) is 0. The third-order valence-electron chi connectivity index (χ3n) is 4.35. The van der Waals surface area contributed by atoms with Crippen LogP contribution in [0.25, 0.3) is 0 Å². The third kappa shape index (κ3) is 8.28. The van der Waals surface area contributed by atoms with Crippen molar-refractivity contribution < 1.29 is 9.53 Å². The first-order valence-electron chi connectivity index (χ1n) is 9.15. The van der Waals surface area contributed by atoms with Crippen LogP contribution in [0.5, 0.6) is 0 Å². The van der Waals surface area contributed by atoms with Crippen LogP contribution in [0.4, 0.5) is 0 Å². The number of hydrogen-bond acceptors (Lipinski definition) is 2. The highest BCUT2D eigenvalue weighted by Gasteiger charge is 2.16. The molecule has 0 unspecified atom stereocenters. The highest BCUT2D eigenvalue weighted by atomic mass is 16.5. The van der Waals surface area contributed by atoms with Gasteiger partial charge in [-0.3, -0.25) is 0 Å².